The topological polar surface area (TPSA) is 79.4 Å². The molecule has 1 aliphatic rings. The van der Waals surface area contributed by atoms with Crippen LogP contribution in [0.15, 0.2) is 53.9 Å². The van der Waals surface area contributed by atoms with E-state index in [2.05, 4.69) is 10.3 Å². The molecule has 4 rings (SSSR count). The summed E-state index contributed by atoms with van der Waals surface area (Å²) in [6.45, 7) is 0.264. The van der Waals surface area contributed by atoms with Gasteiger partial charge in [0.15, 0.2) is 0 Å². The van der Waals surface area contributed by atoms with Crippen LogP contribution in [0, 0.1) is 0 Å². The van der Waals surface area contributed by atoms with Crippen LogP contribution in [0.5, 0.6) is 0 Å². The lowest BCUT2D eigenvalue weighted by molar-refractivity contribution is -0.139. The van der Waals surface area contributed by atoms with Gasteiger partial charge in [-0.3, -0.25) is 19.3 Å². The molecule has 0 radical (unpaired) electrons. The lowest BCUT2D eigenvalue weighted by Crippen LogP contribution is -2.28. The molecule has 3 aromatic rings. The van der Waals surface area contributed by atoms with Crippen LogP contribution in [0.4, 0.5) is 5.69 Å². The number of anilines is 1. The number of hydrogen-bond acceptors (Lipinski definition) is 5. The van der Waals surface area contributed by atoms with E-state index in [4.69, 9.17) is 11.6 Å². The minimum absolute atomic E-state index is 0.139. The van der Waals surface area contributed by atoms with Gasteiger partial charge in [-0.05, 0) is 35.4 Å². The zero-order chi connectivity index (χ0) is 21.8. The maximum atomic E-state index is 12.4. The Morgan fingerprint density at radius 2 is 1.81 bits per heavy atom. The number of thiazole rings is 1. The third-order valence-corrected chi connectivity index (χ3v) is 6.05. The molecule has 0 spiro atoms. The summed E-state index contributed by atoms with van der Waals surface area (Å²) in [7, 11) is 0. The Hall–Kier alpha value is -3.03. The summed E-state index contributed by atoms with van der Waals surface area (Å²) in [5, 5.41) is 6.38. The Labute approximate surface area is 188 Å². The van der Waals surface area contributed by atoms with Gasteiger partial charge in [-0.2, -0.15) is 0 Å². The number of rotatable bonds is 7. The molecule has 0 saturated carbocycles. The van der Waals surface area contributed by atoms with Crippen LogP contribution in [0.2, 0.25) is 5.02 Å². The van der Waals surface area contributed by atoms with Gasteiger partial charge in [0, 0.05) is 35.4 Å². The Bertz CT molecular complexity index is 1110. The average Bonchev–Trinajstić information content (AvgIpc) is 3.30. The van der Waals surface area contributed by atoms with E-state index in [9.17, 15) is 14.4 Å². The van der Waals surface area contributed by atoms with Gasteiger partial charge in [-0.15, -0.1) is 11.3 Å². The minimum Gasteiger partial charge on any atom is -0.326 e. The number of nitrogens with zero attached hydrogens (tertiary/aromatic N) is 2. The predicted molar refractivity (Wildman–Crippen MR) is 120 cm³/mol. The molecule has 158 valence electrons. The molecular weight excluding hydrogens is 434 g/mol. The van der Waals surface area contributed by atoms with Crippen LogP contribution in [0.1, 0.15) is 34.7 Å². The molecule has 1 saturated heterocycles. The molecule has 1 fully saturated rings. The highest BCUT2D eigenvalue weighted by atomic mass is 35.5. The first-order valence-electron chi connectivity index (χ1n) is 9.86. The molecule has 1 aromatic heterocycles. The van der Waals surface area contributed by atoms with Crippen LogP contribution < -0.4 is 5.32 Å². The fourth-order valence-corrected chi connectivity index (χ4v) is 4.42. The maximum Gasteiger partial charge on any atom is 0.230 e. The van der Waals surface area contributed by atoms with Crippen LogP contribution in [-0.4, -0.2) is 27.6 Å². The number of halogens is 1. The second-order valence-electron chi connectivity index (χ2n) is 7.33. The number of carbonyl (C=O) groups is 3. The number of carbonyl (C=O) groups excluding carboxylic acids is 3. The summed E-state index contributed by atoms with van der Waals surface area (Å²) in [5.41, 5.74) is 3.30. The van der Waals surface area contributed by atoms with Crippen LogP contribution in [-0.2, 0) is 33.8 Å². The smallest absolute Gasteiger partial charge is 0.230 e. The quantitative estimate of drug-likeness (QED) is 0.543. The first-order valence-corrected chi connectivity index (χ1v) is 11.1. The highest BCUT2D eigenvalue weighted by molar-refractivity contribution is 7.09. The van der Waals surface area contributed by atoms with Crippen molar-refractivity contribution in [3.63, 3.8) is 0 Å². The molecule has 0 unspecified atom stereocenters. The molecular formula is C23H20ClN3O3S. The van der Waals surface area contributed by atoms with Crippen molar-refractivity contribution in [3.8, 4) is 0 Å². The number of imide groups is 1. The molecule has 1 aliphatic heterocycles. The molecule has 0 bridgehead atoms. The van der Waals surface area contributed by atoms with Crippen molar-refractivity contribution >= 4 is 46.3 Å². The number of aromatic nitrogens is 1. The molecule has 6 nitrogen and oxygen atoms in total. The number of nitrogens with one attached hydrogen (secondary N) is 1. The average molecular weight is 454 g/mol. The Kier molecular flexibility index (Phi) is 6.44. The zero-order valence-corrected chi connectivity index (χ0v) is 18.2. The third-order valence-electron chi connectivity index (χ3n) is 4.92. The third kappa shape index (κ3) is 5.57. The van der Waals surface area contributed by atoms with E-state index < -0.39 is 0 Å². The van der Waals surface area contributed by atoms with Crippen molar-refractivity contribution < 1.29 is 14.4 Å². The predicted octanol–water partition coefficient (Wildman–Crippen LogP) is 4.22. The van der Waals surface area contributed by atoms with Crippen molar-refractivity contribution in [1.82, 2.24) is 9.88 Å². The van der Waals surface area contributed by atoms with E-state index in [1.54, 1.807) is 24.3 Å². The fraction of sp³-hybridized carbons (Fsp3) is 0.217. The van der Waals surface area contributed by atoms with Crippen molar-refractivity contribution in [1.29, 1.82) is 0 Å². The molecule has 8 heteroatoms. The van der Waals surface area contributed by atoms with Gasteiger partial charge in [-0.1, -0.05) is 35.9 Å². The van der Waals surface area contributed by atoms with Crippen molar-refractivity contribution in [3.05, 3.63) is 80.8 Å². The first-order chi connectivity index (χ1) is 15.0. The molecule has 0 aliphatic carbocycles. The minimum atomic E-state index is -0.155. The van der Waals surface area contributed by atoms with Crippen LogP contribution >= 0.6 is 22.9 Å². The second kappa shape index (κ2) is 9.41. The SMILES string of the molecule is O=C(Cc1csc(Cc2cccc(Cl)c2)n1)Nc1ccc(CN2C(=O)CCC2=O)cc1. The molecule has 31 heavy (non-hydrogen) atoms. The fourth-order valence-electron chi connectivity index (χ4n) is 3.38. The molecule has 2 heterocycles. The van der Waals surface area contributed by atoms with Crippen molar-refractivity contribution in [2.75, 3.05) is 5.32 Å². The summed E-state index contributed by atoms with van der Waals surface area (Å²) in [5.74, 6) is -0.432. The van der Waals surface area contributed by atoms with E-state index in [1.165, 1.54) is 16.2 Å². The molecule has 1 N–H and O–H groups in total. The summed E-state index contributed by atoms with van der Waals surface area (Å²) in [4.78, 5) is 41.7. The number of hydrogen-bond donors (Lipinski definition) is 1. The molecule has 3 amide bonds. The number of amides is 3. The summed E-state index contributed by atoms with van der Waals surface area (Å²) in [6.07, 6.45) is 1.43. The highest BCUT2D eigenvalue weighted by Crippen LogP contribution is 2.19. The summed E-state index contributed by atoms with van der Waals surface area (Å²) >= 11 is 7.55. The van der Waals surface area contributed by atoms with Gasteiger partial charge >= 0.3 is 0 Å². The maximum absolute atomic E-state index is 12.4. The standard InChI is InChI=1S/C23H20ClN3O3S/c24-17-3-1-2-16(10-17)11-21-26-19(14-31-21)12-20(28)25-18-6-4-15(5-7-18)13-27-22(29)8-9-23(27)30/h1-7,10,14H,8-9,11-13H2,(H,25,28). The second-order valence-corrected chi connectivity index (χ2v) is 8.71. The highest BCUT2D eigenvalue weighted by Gasteiger charge is 2.28. The summed E-state index contributed by atoms with van der Waals surface area (Å²) < 4.78 is 0. The largest absolute Gasteiger partial charge is 0.326 e. The first kappa shape index (κ1) is 21.2. The van der Waals surface area contributed by atoms with Gasteiger partial charge in [0.2, 0.25) is 17.7 Å². The lowest BCUT2D eigenvalue weighted by atomic mass is 10.1. The van der Waals surface area contributed by atoms with Gasteiger partial charge in [0.05, 0.1) is 23.7 Å². The molecule has 2 aromatic carbocycles. The van der Waals surface area contributed by atoms with E-state index >= 15 is 0 Å². The normalized spacial score (nSPS) is 13.6. The Morgan fingerprint density at radius 1 is 1.06 bits per heavy atom. The van der Waals surface area contributed by atoms with E-state index in [1.807, 2.05) is 29.6 Å². The van der Waals surface area contributed by atoms with Crippen molar-refractivity contribution in [2.24, 2.45) is 0 Å². The molecule has 0 atom stereocenters. The Morgan fingerprint density at radius 3 is 2.52 bits per heavy atom. The monoisotopic (exact) mass is 453 g/mol. The van der Waals surface area contributed by atoms with E-state index in [0.717, 1.165) is 21.8 Å². The zero-order valence-electron chi connectivity index (χ0n) is 16.6. The number of benzene rings is 2. The van der Waals surface area contributed by atoms with Crippen LogP contribution in [0.3, 0.4) is 0 Å². The van der Waals surface area contributed by atoms with E-state index in [0.29, 0.717) is 17.1 Å². The van der Waals surface area contributed by atoms with Gasteiger partial charge in [0.1, 0.15) is 0 Å². The van der Waals surface area contributed by atoms with Gasteiger partial charge in [0.25, 0.3) is 0 Å². The number of likely N-dealkylation sites (tertiary alicyclic amines) is 1. The van der Waals surface area contributed by atoms with Gasteiger partial charge in [-0.25, -0.2) is 4.98 Å². The lowest BCUT2D eigenvalue weighted by Gasteiger charge is -2.14. The van der Waals surface area contributed by atoms with Crippen LogP contribution in [0.25, 0.3) is 0 Å². The van der Waals surface area contributed by atoms with Crippen molar-refractivity contribution in [2.45, 2.75) is 32.2 Å². The Balaban J connectivity index is 1.30. The van der Waals surface area contributed by atoms with Gasteiger partial charge < -0.3 is 5.32 Å². The summed E-state index contributed by atoms with van der Waals surface area (Å²) in [6, 6.07) is 14.8. The van der Waals surface area contributed by atoms with E-state index in [-0.39, 0.29) is 43.5 Å².